The van der Waals surface area contributed by atoms with Gasteiger partial charge in [-0.05, 0) is 24.6 Å². The number of esters is 1. The third-order valence-corrected chi connectivity index (χ3v) is 1.86. The molecule has 0 unspecified atom stereocenters. The molecule has 0 amide bonds. The Hall–Kier alpha value is -2.02. The molecule has 0 bridgehead atoms. The molecule has 0 aliphatic carbocycles. The Bertz CT molecular complexity index is 418. The van der Waals surface area contributed by atoms with Gasteiger partial charge >= 0.3 is 5.97 Å². The van der Waals surface area contributed by atoms with Crippen LogP contribution in [0.5, 0.6) is 5.75 Å². The number of rotatable bonds is 1. The molecule has 4 nitrogen and oxygen atoms in total. The minimum absolute atomic E-state index is 0.0237. The highest BCUT2D eigenvalue weighted by Gasteiger charge is 2.13. The fraction of sp³-hybridized carbons (Fsp3) is 0.200. The summed E-state index contributed by atoms with van der Waals surface area (Å²) in [7, 11) is 1.22. The molecule has 0 atom stereocenters. The standard InChI is InChI=1S/C10H9NO3/c1-6-3-7(5-11)8(4-9(6)12)10(13)14-2/h3-4,12H,1-2H3. The second-order valence-electron chi connectivity index (χ2n) is 2.79. The number of aryl methyl sites for hydroxylation is 1. The molecule has 0 aliphatic heterocycles. The molecule has 0 radical (unpaired) electrons. The molecule has 72 valence electrons. The van der Waals surface area contributed by atoms with Crippen LogP contribution in [0.4, 0.5) is 0 Å². The smallest absolute Gasteiger partial charge is 0.339 e. The van der Waals surface area contributed by atoms with Crippen LogP contribution in [0.1, 0.15) is 21.5 Å². The van der Waals surface area contributed by atoms with Gasteiger partial charge in [0, 0.05) is 0 Å². The van der Waals surface area contributed by atoms with Crippen molar-refractivity contribution in [3.05, 3.63) is 28.8 Å². The molecule has 1 aromatic rings. The molecular weight excluding hydrogens is 182 g/mol. The predicted octanol–water partition coefficient (Wildman–Crippen LogP) is 1.36. The minimum Gasteiger partial charge on any atom is -0.508 e. The summed E-state index contributed by atoms with van der Waals surface area (Å²) in [6.45, 7) is 1.65. The van der Waals surface area contributed by atoms with E-state index in [1.165, 1.54) is 19.2 Å². The Balaban J connectivity index is 3.36. The second kappa shape index (κ2) is 3.79. The van der Waals surface area contributed by atoms with Crippen molar-refractivity contribution in [2.45, 2.75) is 6.92 Å². The van der Waals surface area contributed by atoms with Crippen LogP contribution in [0, 0.1) is 18.3 Å². The quantitative estimate of drug-likeness (QED) is 0.680. The summed E-state index contributed by atoms with van der Waals surface area (Å²) in [5.41, 5.74) is 0.833. The average molecular weight is 191 g/mol. The van der Waals surface area contributed by atoms with E-state index >= 15 is 0 Å². The van der Waals surface area contributed by atoms with Crippen molar-refractivity contribution in [2.24, 2.45) is 0 Å². The Morgan fingerprint density at radius 2 is 2.21 bits per heavy atom. The summed E-state index contributed by atoms with van der Waals surface area (Å²) < 4.78 is 4.47. The summed E-state index contributed by atoms with van der Waals surface area (Å²) >= 11 is 0. The third-order valence-electron chi connectivity index (χ3n) is 1.86. The molecule has 0 aliphatic rings. The van der Waals surface area contributed by atoms with Gasteiger partial charge in [-0.3, -0.25) is 0 Å². The fourth-order valence-electron chi connectivity index (χ4n) is 1.07. The van der Waals surface area contributed by atoms with E-state index in [2.05, 4.69) is 4.74 Å². The molecule has 0 saturated carbocycles. The van der Waals surface area contributed by atoms with E-state index in [0.29, 0.717) is 5.56 Å². The Morgan fingerprint density at radius 3 is 2.71 bits per heavy atom. The molecule has 1 rings (SSSR count). The maximum absolute atomic E-state index is 11.2. The zero-order valence-corrected chi connectivity index (χ0v) is 7.87. The van der Waals surface area contributed by atoms with E-state index in [-0.39, 0.29) is 16.9 Å². The predicted molar refractivity (Wildman–Crippen MR) is 48.9 cm³/mol. The van der Waals surface area contributed by atoms with Crippen molar-refractivity contribution >= 4 is 5.97 Å². The van der Waals surface area contributed by atoms with Crippen LogP contribution in [0.3, 0.4) is 0 Å². The number of phenols is 1. The number of hydrogen-bond acceptors (Lipinski definition) is 4. The number of phenolic OH excluding ortho intramolecular Hbond substituents is 1. The Kier molecular flexibility index (Phi) is 2.73. The van der Waals surface area contributed by atoms with E-state index in [0.717, 1.165) is 0 Å². The molecule has 4 heteroatoms. The van der Waals surface area contributed by atoms with Crippen molar-refractivity contribution < 1.29 is 14.6 Å². The van der Waals surface area contributed by atoms with Gasteiger partial charge in [0.1, 0.15) is 11.8 Å². The van der Waals surface area contributed by atoms with Crippen LogP contribution in [-0.2, 0) is 4.74 Å². The van der Waals surface area contributed by atoms with E-state index in [9.17, 15) is 9.90 Å². The molecule has 0 saturated heterocycles. The van der Waals surface area contributed by atoms with Gasteiger partial charge < -0.3 is 9.84 Å². The summed E-state index contributed by atoms with van der Waals surface area (Å²) in [6, 6.07) is 4.55. The van der Waals surface area contributed by atoms with Gasteiger partial charge in [0.15, 0.2) is 0 Å². The largest absolute Gasteiger partial charge is 0.508 e. The third kappa shape index (κ3) is 1.67. The maximum atomic E-state index is 11.2. The van der Waals surface area contributed by atoms with Crippen LogP contribution in [0.25, 0.3) is 0 Å². The van der Waals surface area contributed by atoms with Crippen LogP contribution in [-0.4, -0.2) is 18.2 Å². The lowest BCUT2D eigenvalue weighted by Crippen LogP contribution is -2.04. The van der Waals surface area contributed by atoms with E-state index in [4.69, 9.17) is 5.26 Å². The van der Waals surface area contributed by atoms with Crippen molar-refractivity contribution in [1.29, 1.82) is 5.26 Å². The first-order valence-electron chi connectivity index (χ1n) is 3.92. The number of methoxy groups -OCH3 is 1. The lowest BCUT2D eigenvalue weighted by Gasteiger charge is -2.04. The molecule has 0 fully saturated rings. The number of hydrogen-bond donors (Lipinski definition) is 1. The first-order chi connectivity index (χ1) is 6.60. The van der Waals surface area contributed by atoms with Gasteiger partial charge in [0.2, 0.25) is 0 Å². The zero-order chi connectivity index (χ0) is 10.7. The molecule has 0 heterocycles. The van der Waals surface area contributed by atoms with E-state index in [1.54, 1.807) is 6.92 Å². The van der Waals surface area contributed by atoms with Gasteiger partial charge in [0.25, 0.3) is 0 Å². The lowest BCUT2D eigenvalue weighted by atomic mass is 10.0. The highest BCUT2D eigenvalue weighted by atomic mass is 16.5. The molecule has 0 spiro atoms. The van der Waals surface area contributed by atoms with Gasteiger partial charge in [-0.1, -0.05) is 0 Å². The number of aromatic hydroxyl groups is 1. The summed E-state index contributed by atoms with van der Waals surface area (Å²) in [5.74, 6) is -0.652. The summed E-state index contributed by atoms with van der Waals surface area (Å²) in [4.78, 5) is 11.2. The number of ether oxygens (including phenoxy) is 1. The van der Waals surface area contributed by atoms with Gasteiger partial charge in [-0.2, -0.15) is 5.26 Å². The van der Waals surface area contributed by atoms with Crippen molar-refractivity contribution in [1.82, 2.24) is 0 Å². The highest BCUT2D eigenvalue weighted by molar-refractivity contribution is 5.92. The van der Waals surface area contributed by atoms with Crippen molar-refractivity contribution in [2.75, 3.05) is 7.11 Å². The van der Waals surface area contributed by atoms with Crippen LogP contribution in [0.2, 0.25) is 0 Å². The number of carbonyl (C=O) groups excluding carboxylic acids is 1. The number of carbonyl (C=O) groups is 1. The number of nitrogens with zero attached hydrogens (tertiary/aromatic N) is 1. The van der Waals surface area contributed by atoms with E-state index in [1.807, 2.05) is 6.07 Å². The summed E-state index contributed by atoms with van der Waals surface area (Å²) in [6.07, 6.45) is 0. The second-order valence-corrected chi connectivity index (χ2v) is 2.79. The molecule has 0 aromatic heterocycles. The normalized spacial score (nSPS) is 9.21. The van der Waals surface area contributed by atoms with Crippen LogP contribution < -0.4 is 0 Å². The average Bonchev–Trinajstić information content (AvgIpc) is 2.20. The SMILES string of the molecule is COC(=O)c1cc(O)c(C)cc1C#N. The lowest BCUT2D eigenvalue weighted by molar-refractivity contribution is 0.0600. The number of nitriles is 1. The summed E-state index contributed by atoms with van der Waals surface area (Å²) in [5, 5.41) is 18.1. The molecule has 1 N–H and O–H groups in total. The molecular formula is C10H9NO3. The maximum Gasteiger partial charge on any atom is 0.339 e. The van der Waals surface area contributed by atoms with Gasteiger partial charge in [0.05, 0.1) is 18.2 Å². The minimum atomic E-state index is -0.628. The first-order valence-corrected chi connectivity index (χ1v) is 3.92. The topological polar surface area (TPSA) is 70.3 Å². The fourth-order valence-corrected chi connectivity index (χ4v) is 1.07. The molecule has 1 aromatic carbocycles. The first kappa shape index (κ1) is 10.1. The monoisotopic (exact) mass is 191 g/mol. The number of benzene rings is 1. The Labute approximate surface area is 81.4 Å². The van der Waals surface area contributed by atoms with Crippen molar-refractivity contribution in [3.8, 4) is 11.8 Å². The van der Waals surface area contributed by atoms with Crippen molar-refractivity contribution in [3.63, 3.8) is 0 Å². The van der Waals surface area contributed by atoms with Gasteiger partial charge in [-0.25, -0.2) is 4.79 Å². The highest BCUT2D eigenvalue weighted by Crippen LogP contribution is 2.21. The van der Waals surface area contributed by atoms with Crippen LogP contribution >= 0.6 is 0 Å². The zero-order valence-electron chi connectivity index (χ0n) is 7.87. The van der Waals surface area contributed by atoms with Gasteiger partial charge in [-0.15, -0.1) is 0 Å². The van der Waals surface area contributed by atoms with Crippen LogP contribution in [0.15, 0.2) is 12.1 Å². The van der Waals surface area contributed by atoms with E-state index < -0.39 is 5.97 Å². The Morgan fingerprint density at radius 1 is 1.57 bits per heavy atom. The molecule has 14 heavy (non-hydrogen) atoms.